The molecule has 0 atom stereocenters. The Hall–Kier alpha value is -1.00. The predicted molar refractivity (Wildman–Crippen MR) is 47.5 cm³/mol. The molecule has 0 amide bonds. The predicted octanol–water partition coefficient (Wildman–Crippen LogP) is 1.65. The third-order valence-electron chi connectivity index (χ3n) is 1.68. The van der Waals surface area contributed by atoms with Gasteiger partial charge in [-0.2, -0.15) is 0 Å². The second kappa shape index (κ2) is 3.81. The lowest BCUT2D eigenvalue weighted by Gasteiger charge is -2.09. The number of halogens is 2. The number of aromatic hydroxyl groups is 1. The highest BCUT2D eigenvalue weighted by molar-refractivity contribution is 6.32. The zero-order valence-electron chi connectivity index (χ0n) is 6.97. The molecule has 0 radical (unpaired) electrons. The van der Waals surface area contributed by atoms with E-state index in [1.54, 1.807) is 0 Å². The topological polar surface area (TPSA) is 55.5 Å². The molecule has 0 bridgehead atoms. The molecule has 0 spiro atoms. The fourth-order valence-corrected chi connectivity index (χ4v) is 1.19. The fraction of sp³-hybridized carbons (Fsp3) is 0.250. The van der Waals surface area contributed by atoms with E-state index in [0.717, 1.165) is 0 Å². The summed E-state index contributed by atoms with van der Waals surface area (Å²) in [7, 11) is 1.31. The molecule has 0 saturated heterocycles. The van der Waals surface area contributed by atoms with E-state index in [1.165, 1.54) is 13.2 Å². The van der Waals surface area contributed by atoms with E-state index in [0.29, 0.717) is 0 Å². The summed E-state index contributed by atoms with van der Waals surface area (Å²) in [6.45, 7) is -0.130. The SMILES string of the molecule is COc1cc(Cl)c(O)c(CN)c1F. The Morgan fingerprint density at radius 2 is 2.31 bits per heavy atom. The lowest BCUT2D eigenvalue weighted by molar-refractivity contribution is 0.378. The summed E-state index contributed by atoms with van der Waals surface area (Å²) in [4.78, 5) is 0. The number of ether oxygens (including phenoxy) is 1. The zero-order chi connectivity index (χ0) is 10.0. The van der Waals surface area contributed by atoms with Crippen molar-refractivity contribution in [1.82, 2.24) is 0 Å². The van der Waals surface area contributed by atoms with Crippen molar-refractivity contribution >= 4 is 11.6 Å². The van der Waals surface area contributed by atoms with Crippen LogP contribution in [-0.4, -0.2) is 12.2 Å². The highest BCUT2D eigenvalue weighted by atomic mass is 35.5. The highest BCUT2D eigenvalue weighted by Crippen LogP contribution is 2.35. The van der Waals surface area contributed by atoms with Crippen LogP contribution in [0.5, 0.6) is 11.5 Å². The van der Waals surface area contributed by atoms with Crippen molar-refractivity contribution < 1.29 is 14.2 Å². The van der Waals surface area contributed by atoms with Crippen molar-refractivity contribution in [3.05, 3.63) is 22.5 Å². The number of hydrogen-bond acceptors (Lipinski definition) is 3. The summed E-state index contributed by atoms with van der Waals surface area (Å²) in [5.74, 6) is -1.03. The van der Waals surface area contributed by atoms with Crippen LogP contribution in [0.1, 0.15) is 5.56 Å². The van der Waals surface area contributed by atoms with Gasteiger partial charge in [-0.15, -0.1) is 0 Å². The molecule has 3 N–H and O–H groups in total. The van der Waals surface area contributed by atoms with Crippen LogP contribution in [0, 0.1) is 5.82 Å². The van der Waals surface area contributed by atoms with Gasteiger partial charge in [-0.1, -0.05) is 11.6 Å². The highest BCUT2D eigenvalue weighted by Gasteiger charge is 2.15. The van der Waals surface area contributed by atoms with Gasteiger partial charge in [0.05, 0.1) is 12.1 Å². The van der Waals surface area contributed by atoms with E-state index >= 15 is 0 Å². The molecule has 0 aromatic heterocycles. The van der Waals surface area contributed by atoms with Crippen molar-refractivity contribution in [2.45, 2.75) is 6.54 Å². The van der Waals surface area contributed by atoms with E-state index < -0.39 is 5.82 Å². The molecule has 1 rings (SSSR count). The Labute approximate surface area is 79.9 Å². The Kier molecular flexibility index (Phi) is 2.95. The third-order valence-corrected chi connectivity index (χ3v) is 1.96. The molecule has 1 aromatic rings. The average molecular weight is 206 g/mol. The Morgan fingerprint density at radius 3 is 2.77 bits per heavy atom. The summed E-state index contributed by atoms with van der Waals surface area (Å²) < 4.78 is 18.0. The molecule has 5 heteroatoms. The van der Waals surface area contributed by atoms with Gasteiger partial charge in [0.25, 0.3) is 0 Å². The first-order valence-electron chi connectivity index (χ1n) is 3.55. The number of benzene rings is 1. The van der Waals surface area contributed by atoms with E-state index in [1.807, 2.05) is 0 Å². The summed E-state index contributed by atoms with van der Waals surface area (Å²) in [6, 6.07) is 1.20. The van der Waals surface area contributed by atoms with Gasteiger partial charge in [0.2, 0.25) is 0 Å². The molecule has 13 heavy (non-hydrogen) atoms. The molecule has 1 aromatic carbocycles. The van der Waals surface area contributed by atoms with Gasteiger partial charge < -0.3 is 15.6 Å². The molecule has 0 aliphatic carbocycles. The second-order valence-corrected chi connectivity index (χ2v) is 2.81. The van der Waals surface area contributed by atoms with Gasteiger partial charge in [-0.25, -0.2) is 4.39 Å². The van der Waals surface area contributed by atoms with Crippen LogP contribution in [0.15, 0.2) is 6.07 Å². The van der Waals surface area contributed by atoms with Crippen molar-refractivity contribution in [2.75, 3.05) is 7.11 Å². The molecular weight excluding hydrogens is 197 g/mol. The van der Waals surface area contributed by atoms with Gasteiger partial charge in [0, 0.05) is 18.2 Å². The maximum atomic E-state index is 13.3. The van der Waals surface area contributed by atoms with Gasteiger partial charge in [0.1, 0.15) is 5.75 Å². The largest absolute Gasteiger partial charge is 0.506 e. The van der Waals surface area contributed by atoms with Crippen LogP contribution in [0.2, 0.25) is 5.02 Å². The Morgan fingerprint density at radius 1 is 1.69 bits per heavy atom. The van der Waals surface area contributed by atoms with Gasteiger partial charge >= 0.3 is 0 Å². The van der Waals surface area contributed by atoms with E-state index in [4.69, 9.17) is 22.1 Å². The lowest BCUT2D eigenvalue weighted by atomic mass is 10.1. The first kappa shape index (κ1) is 10.1. The summed E-state index contributed by atoms with van der Waals surface area (Å²) in [5.41, 5.74) is 5.19. The maximum absolute atomic E-state index is 13.3. The summed E-state index contributed by atoms with van der Waals surface area (Å²) in [5, 5.41) is 9.32. The lowest BCUT2D eigenvalue weighted by Crippen LogP contribution is -2.02. The van der Waals surface area contributed by atoms with Gasteiger partial charge in [-0.05, 0) is 0 Å². The van der Waals surface area contributed by atoms with E-state index in [9.17, 15) is 9.50 Å². The monoisotopic (exact) mass is 205 g/mol. The fourth-order valence-electron chi connectivity index (χ4n) is 0.978. The summed E-state index contributed by atoms with van der Waals surface area (Å²) >= 11 is 5.60. The minimum absolute atomic E-state index is 0.0248. The first-order valence-corrected chi connectivity index (χ1v) is 3.93. The van der Waals surface area contributed by atoms with Crippen molar-refractivity contribution in [3.8, 4) is 11.5 Å². The Bertz CT molecular complexity index is 330. The molecule has 3 nitrogen and oxygen atoms in total. The smallest absolute Gasteiger partial charge is 0.173 e. The Balaban J connectivity index is 3.39. The molecule has 0 aliphatic heterocycles. The molecule has 0 fully saturated rings. The van der Waals surface area contributed by atoms with Crippen molar-refractivity contribution in [1.29, 1.82) is 0 Å². The van der Waals surface area contributed by atoms with Crippen molar-refractivity contribution in [2.24, 2.45) is 5.73 Å². The molecule has 0 unspecified atom stereocenters. The maximum Gasteiger partial charge on any atom is 0.173 e. The standard InChI is InChI=1S/C8H9ClFNO2/c1-13-6-2-5(9)8(12)4(3-11)7(6)10/h2,12H,3,11H2,1H3. The van der Waals surface area contributed by atoms with Crippen LogP contribution in [-0.2, 0) is 6.54 Å². The number of hydrogen-bond donors (Lipinski definition) is 2. The van der Waals surface area contributed by atoms with Crippen LogP contribution >= 0.6 is 11.6 Å². The number of nitrogens with two attached hydrogens (primary N) is 1. The minimum Gasteiger partial charge on any atom is -0.506 e. The molecule has 0 saturated carbocycles. The molecule has 72 valence electrons. The number of rotatable bonds is 2. The van der Waals surface area contributed by atoms with Crippen LogP contribution < -0.4 is 10.5 Å². The molecule has 0 heterocycles. The van der Waals surface area contributed by atoms with Crippen LogP contribution in [0.4, 0.5) is 4.39 Å². The second-order valence-electron chi connectivity index (χ2n) is 2.41. The molecule has 0 aliphatic rings. The van der Waals surface area contributed by atoms with Crippen LogP contribution in [0.25, 0.3) is 0 Å². The first-order chi connectivity index (χ1) is 6.11. The number of methoxy groups -OCH3 is 1. The van der Waals surface area contributed by atoms with Gasteiger partial charge in [-0.3, -0.25) is 0 Å². The van der Waals surface area contributed by atoms with E-state index in [2.05, 4.69) is 0 Å². The minimum atomic E-state index is -0.674. The molecular formula is C8H9ClFNO2. The normalized spacial score (nSPS) is 10.2. The van der Waals surface area contributed by atoms with Gasteiger partial charge in [0.15, 0.2) is 11.6 Å². The number of phenols is 1. The number of phenolic OH excluding ortho intramolecular Hbond substituents is 1. The van der Waals surface area contributed by atoms with E-state index in [-0.39, 0.29) is 28.6 Å². The van der Waals surface area contributed by atoms with Crippen LogP contribution in [0.3, 0.4) is 0 Å². The average Bonchev–Trinajstić information content (AvgIpc) is 2.12. The van der Waals surface area contributed by atoms with Crippen molar-refractivity contribution in [3.63, 3.8) is 0 Å². The third kappa shape index (κ3) is 1.68. The summed E-state index contributed by atoms with van der Waals surface area (Å²) in [6.07, 6.45) is 0. The quantitative estimate of drug-likeness (QED) is 0.772. The zero-order valence-corrected chi connectivity index (χ0v) is 7.73.